The molecule has 0 fully saturated rings. The van der Waals surface area contributed by atoms with Gasteiger partial charge in [-0.3, -0.25) is 14.5 Å². The van der Waals surface area contributed by atoms with Gasteiger partial charge in [0.25, 0.3) is 11.8 Å². The molecule has 0 spiro atoms. The zero-order chi connectivity index (χ0) is 30.9. The van der Waals surface area contributed by atoms with Crippen LogP contribution in [0.2, 0.25) is 0 Å². The number of anilines is 1. The number of aryl methyl sites for hydroxylation is 2. The minimum atomic E-state index is -3.82. The summed E-state index contributed by atoms with van der Waals surface area (Å²) in [5.74, 6) is -0.681. The van der Waals surface area contributed by atoms with E-state index in [0.717, 1.165) is 40.5 Å². The molecule has 0 bridgehead atoms. The molecule has 0 atom stereocenters. The van der Waals surface area contributed by atoms with Crippen molar-refractivity contribution < 1.29 is 18.0 Å². The fraction of sp³-hybridized carbons (Fsp3) is 0.344. The minimum absolute atomic E-state index is 0.111. The van der Waals surface area contributed by atoms with Crippen LogP contribution in [0.15, 0.2) is 65.6 Å². The standard InChI is InChI=1S/C32H37N5O4S2/c1-6-35-17-16-27-28(20-35)42-31(29(27)32(39)37-23(5)18-22(4)34-37)33-30(38)25-12-14-26(15-13-25)43(40,41)36(21(2)3)19-24-10-8-7-9-11-24/h7-15,18,21H,6,16-17,19-20H2,1-5H3,(H,33,38). The summed E-state index contributed by atoms with van der Waals surface area (Å²) in [6, 6.07) is 17.0. The van der Waals surface area contributed by atoms with Crippen molar-refractivity contribution in [1.29, 1.82) is 0 Å². The van der Waals surface area contributed by atoms with Gasteiger partial charge in [-0.15, -0.1) is 11.3 Å². The van der Waals surface area contributed by atoms with Crippen LogP contribution in [0, 0.1) is 13.8 Å². The van der Waals surface area contributed by atoms with Crippen molar-refractivity contribution in [3.8, 4) is 0 Å². The summed E-state index contributed by atoms with van der Waals surface area (Å²) < 4.78 is 30.0. The third-order valence-corrected chi connectivity index (χ3v) is 10.9. The van der Waals surface area contributed by atoms with Gasteiger partial charge in [0, 0.05) is 41.8 Å². The molecule has 1 N–H and O–H groups in total. The summed E-state index contributed by atoms with van der Waals surface area (Å²) in [5, 5.41) is 7.85. The van der Waals surface area contributed by atoms with Gasteiger partial charge in [-0.25, -0.2) is 13.1 Å². The monoisotopic (exact) mass is 619 g/mol. The molecule has 11 heteroatoms. The zero-order valence-corrected chi connectivity index (χ0v) is 26.8. The van der Waals surface area contributed by atoms with Gasteiger partial charge in [0.15, 0.2) is 0 Å². The van der Waals surface area contributed by atoms with Crippen LogP contribution in [0.1, 0.15) is 68.9 Å². The highest BCUT2D eigenvalue weighted by molar-refractivity contribution is 7.89. The second-order valence-electron chi connectivity index (χ2n) is 11.1. The Morgan fingerprint density at radius 3 is 2.37 bits per heavy atom. The Morgan fingerprint density at radius 2 is 1.77 bits per heavy atom. The first kappa shape index (κ1) is 30.8. The SMILES string of the molecule is CCN1CCc2c(sc(NC(=O)c3ccc(S(=O)(=O)N(Cc4ccccc4)C(C)C)cc3)c2C(=O)n2nc(C)cc2C)C1. The van der Waals surface area contributed by atoms with Crippen LogP contribution in [-0.4, -0.2) is 58.3 Å². The number of hydrogen-bond donors (Lipinski definition) is 1. The average molecular weight is 620 g/mol. The van der Waals surface area contributed by atoms with Crippen LogP contribution < -0.4 is 5.32 Å². The lowest BCUT2D eigenvalue weighted by molar-refractivity contribution is 0.0942. The molecule has 2 aromatic heterocycles. The highest BCUT2D eigenvalue weighted by atomic mass is 32.2. The van der Waals surface area contributed by atoms with E-state index in [9.17, 15) is 18.0 Å². The molecule has 43 heavy (non-hydrogen) atoms. The molecule has 9 nitrogen and oxygen atoms in total. The van der Waals surface area contributed by atoms with Gasteiger partial charge in [0.1, 0.15) is 5.00 Å². The van der Waals surface area contributed by atoms with E-state index in [0.29, 0.717) is 29.1 Å². The van der Waals surface area contributed by atoms with Gasteiger partial charge < -0.3 is 5.32 Å². The second kappa shape index (κ2) is 12.5. The molecule has 3 heterocycles. The van der Waals surface area contributed by atoms with Crippen molar-refractivity contribution in [2.75, 3.05) is 18.4 Å². The molecule has 0 saturated carbocycles. The summed E-state index contributed by atoms with van der Waals surface area (Å²) in [4.78, 5) is 30.7. The fourth-order valence-electron chi connectivity index (χ4n) is 5.38. The number of benzene rings is 2. The van der Waals surface area contributed by atoms with Crippen LogP contribution in [0.3, 0.4) is 0 Å². The number of fused-ring (bicyclic) bond motifs is 1. The Balaban J connectivity index is 1.42. The lowest BCUT2D eigenvalue weighted by Gasteiger charge is -2.26. The maximum Gasteiger partial charge on any atom is 0.281 e. The molecular formula is C32H37N5O4S2. The number of carbonyl (C=O) groups excluding carboxylic acids is 2. The molecule has 0 aliphatic carbocycles. The van der Waals surface area contributed by atoms with Crippen LogP contribution in [-0.2, 0) is 29.5 Å². The van der Waals surface area contributed by atoms with Crippen molar-refractivity contribution in [3.63, 3.8) is 0 Å². The number of sulfonamides is 1. The van der Waals surface area contributed by atoms with E-state index in [-0.39, 0.29) is 23.4 Å². The number of likely N-dealkylation sites (N-methyl/N-ethyl adjacent to an activating group) is 1. The van der Waals surface area contributed by atoms with Crippen LogP contribution in [0.4, 0.5) is 5.00 Å². The molecule has 4 aromatic rings. The summed E-state index contributed by atoms with van der Waals surface area (Å²) in [6.07, 6.45) is 0.706. The first-order valence-electron chi connectivity index (χ1n) is 14.4. The first-order valence-corrected chi connectivity index (χ1v) is 16.7. The number of nitrogens with zero attached hydrogens (tertiary/aromatic N) is 4. The number of thiophene rings is 1. The Morgan fingerprint density at radius 1 is 1.07 bits per heavy atom. The van der Waals surface area contributed by atoms with Crippen LogP contribution in [0.25, 0.3) is 0 Å². The molecular weight excluding hydrogens is 583 g/mol. The third-order valence-electron chi connectivity index (χ3n) is 7.71. The van der Waals surface area contributed by atoms with E-state index < -0.39 is 15.9 Å². The minimum Gasteiger partial charge on any atom is -0.313 e. The maximum atomic E-state index is 13.8. The summed E-state index contributed by atoms with van der Waals surface area (Å²) in [7, 11) is -3.82. The zero-order valence-electron chi connectivity index (χ0n) is 25.1. The highest BCUT2D eigenvalue weighted by Crippen LogP contribution is 2.38. The molecule has 1 amide bonds. The summed E-state index contributed by atoms with van der Waals surface area (Å²) >= 11 is 1.42. The van der Waals surface area contributed by atoms with Crippen LogP contribution >= 0.6 is 11.3 Å². The van der Waals surface area contributed by atoms with E-state index in [1.807, 2.05) is 64.1 Å². The quantitative estimate of drug-likeness (QED) is 0.266. The lowest BCUT2D eigenvalue weighted by atomic mass is 10.0. The number of aromatic nitrogens is 2. The van der Waals surface area contributed by atoms with E-state index in [4.69, 9.17) is 0 Å². The third kappa shape index (κ3) is 6.35. The van der Waals surface area contributed by atoms with Crippen molar-refractivity contribution in [2.24, 2.45) is 0 Å². The largest absolute Gasteiger partial charge is 0.313 e. The van der Waals surface area contributed by atoms with Gasteiger partial charge in [-0.1, -0.05) is 37.3 Å². The second-order valence-corrected chi connectivity index (χ2v) is 14.1. The first-order chi connectivity index (χ1) is 20.5. The van der Waals surface area contributed by atoms with E-state index in [1.54, 1.807) is 0 Å². The van der Waals surface area contributed by atoms with E-state index in [2.05, 4.69) is 22.2 Å². The number of carbonyl (C=O) groups is 2. The number of amides is 1. The fourth-order valence-corrected chi connectivity index (χ4v) is 8.28. The summed E-state index contributed by atoms with van der Waals surface area (Å²) in [5.41, 5.74) is 4.09. The van der Waals surface area contributed by atoms with Gasteiger partial charge in [-0.05, 0) is 82.1 Å². The van der Waals surface area contributed by atoms with Gasteiger partial charge in [0.2, 0.25) is 10.0 Å². The average Bonchev–Trinajstić information content (AvgIpc) is 3.53. The van der Waals surface area contributed by atoms with Crippen molar-refractivity contribution in [3.05, 3.63) is 99.2 Å². The molecule has 0 saturated heterocycles. The topological polar surface area (TPSA) is 105 Å². The smallest absolute Gasteiger partial charge is 0.281 e. The van der Waals surface area contributed by atoms with Gasteiger partial charge >= 0.3 is 0 Å². The predicted molar refractivity (Wildman–Crippen MR) is 169 cm³/mol. The summed E-state index contributed by atoms with van der Waals surface area (Å²) in [6.45, 7) is 12.2. The Kier molecular flexibility index (Phi) is 8.98. The molecule has 0 unspecified atom stereocenters. The predicted octanol–water partition coefficient (Wildman–Crippen LogP) is 5.48. The van der Waals surface area contributed by atoms with Crippen molar-refractivity contribution >= 4 is 38.2 Å². The molecule has 1 aliphatic heterocycles. The number of nitrogens with one attached hydrogen (secondary N) is 1. The van der Waals surface area contributed by atoms with E-state index >= 15 is 0 Å². The molecule has 226 valence electrons. The van der Waals surface area contributed by atoms with Crippen molar-refractivity contribution in [1.82, 2.24) is 19.0 Å². The molecule has 5 rings (SSSR count). The van der Waals surface area contributed by atoms with Crippen LogP contribution in [0.5, 0.6) is 0 Å². The Bertz CT molecular complexity index is 1740. The molecule has 2 aromatic carbocycles. The Labute approximate surface area is 257 Å². The highest BCUT2D eigenvalue weighted by Gasteiger charge is 2.31. The Hall–Kier alpha value is -3.64. The number of rotatable bonds is 9. The van der Waals surface area contributed by atoms with E-state index in [1.165, 1.54) is 44.6 Å². The molecule has 0 radical (unpaired) electrons. The van der Waals surface area contributed by atoms with Gasteiger partial charge in [0.05, 0.1) is 16.2 Å². The van der Waals surface area contributed by atoms with Crippen molar-refractivity contribution in [2.45, 2.75) is 65.1 Å². The maximum absolute atomic E-state index is 13.8. The number of hydrogen-bond acceptors (Lipinski definition) is 7. The molecule has 1 aliphatic rings. The normalized spacial score (nSPS) is 13.8. The lowest BCUT2D eigenvalue weighted by Crippen LogP contribution is -2.36. The van der Waals surface area contributed by atoms with Gasteiger partial charge in [-0.2, -0.15) is 9.40 Å².